The van der Waals surface area contributed by atoms with Crippen molar-refractivity contribution in [2.75, 3.05) is 13.1 Å². The van der Waals surface area contributed by atoms with Crippen LogP contribution in [-0.4, -0.2) is 31.5 Å². The van der Waals surface area contributed by atoms with E-state index in [2.05, 4.69) is 15.4 Å². The van der Waals surface area contributed by atoms with Gasteiger partial charge in [-0.3, -0.25) is 9.59 Å². The first-order valence-corrected chi connectivity index (χ1v) is 8.35. The number of rotatable bonds is 9. The van der Waals surface area contributed by atoms with Crippen molar-refractivity contribution in [3.63, 3.8) is 0 Å². The second-order valence-electron chi connectivity index (χ2n) is 5.55. The summed E-state index contributed by atoms with van der Waals surface area (Å²) in [4.78, 5) is 23.5. The number of carbonyl (C=O) groups excluding carboxylic acids is 2. The van der Waals surface area contributed by atoms with Crippen molar-refractivity contribution in [2.45, 2.75) is 13.0 Å². The highest BCUT2D eigenvalue weighted by Gasteiger charge is 2.08. The van der Waals surface area contributed by atoms with Crippen LogP contribution in [0.3, 0.4) is 0 Å². The molecule has 27 heavy (non-hydrogen) atoms. The molecule has 2 amide bonds. The van der Waals surface area contributed by atoms with Gasteiger partial charge in [0.2, 0.25) is 11.8 Å². The Hall–Kier alpha value is -3.22. The number of halogens is 2. The average Bonchev–Trinajstić information content (AvgIpc) is 2.66. The number of benzene rings is 2. The lowest BCUT2D eigenvalue weighted by Crippen LogP contribution is -2.37. The van der Waals surface area contributed by atoms with Gasteiger partial charge in [-0.05, 0) is 24.1 Å². The molecule has 0 aliphatic carbocycles. The third kappa shape index (κ3) is 7.68. The summed E-state index contributed by atoms with van der Waals surface area (Å²) in [5.74, 6) is -0.857. The van der Waals surface area contributed by atoms with Crippen molar-refractivity contribution in [1.29, 1.82) is 0 Å². The highest BCUT2D eigenvalue weighted by atomic mass is 19.3. The Bertz CT molecular complexity index is 780. The van der Waals surface area contributed by atoms with E-state index in [1.807, 2.05) is 30.3 Å². The monoisotopic (exact) mass is 374 g/mol. The summed E-state index contributed by atoms with van der Waals surface area (Å²) in [6.45, 7) is -2.66. The zero-order valence-electron chi connectivity index (χ0n) is 14.5. The highest BCUT2D eigenvalue weighted by Crippen LogP contribution is 2.21. The molecule has 0 bridgehead atoms. The van der Waals surface area contributed by atoms with Crippen molar-refractivity contribution in [3.05, 3.63) is 71.8 Å². The van der Waals surface area contributed by atoms with E-state index in [0.29, 0.717) is 18.5 Å². The summed E-state index contributed by atoms with van der Waals surface area (Å²) < 4.78 is 29.1. The minimum absolute atomic E-state index is 0.0322. The Morgan fingerprint density at radius 2 is 1.70 bits per heavy atom. The van der Waals surface area contributed by atoms with Gasteiger partial charge in [-0.1, -0.05) is 48.5 Å². The molecule has 0 atom stereocenters. The van der Waals surface area contributed by atoms with Gasteiger partial charge < -0.3 is 15.4 Å². The number of nitrogens with one attached hydrogen (secondary N) is 2. The molecule has 2 N–H and O–H groups in total. The molecule has 0 radical (unpaired) electrons. The van der Waals surface area contributed by atoms with E-state index in [0.717, 1.165) is 11.6 Å². The van der Waals surface area contributed by atoms with E-state index in [-0.39, 0.29) is 18.2 Å². The summed E-state index contributed by atoms with van der Waals surface area (Å²) in [7, 11) is 0. The standard InChI is InChI=1S/C20H20F2N2O3/c21-20(22)27-17-9-5-4-8-16(17)10-11-18(25)24-14-19(26)23-13-12-15-6-2-1-3-7-15/h1-11,20H,12-14H2,(H,23,26)(H,24,25)/b11-10+. The maximum Gasteiger partial charge on any atom is 0.387 e. The molecule has 0 spiro atoms. The first-order valence-electron chi connectivity index (χ1n) is 8.35. The molecule has 2 aromatic carbocycles. The van der Waals surface area contributed by atoms with Crippen LogP contribution in [0.25, 0.3) is 6.08 Å². The summed E-state index contributed by atoms with van der Waals surface area (Å²) in [5, 5.41) is 5.14. The lowest BCUT2D eigenvalue weighted by atomic mass is 10.1. The number of alkyl halides is 2. The van der Waals surface area contributed by atoms with Crippen LogP contribution in [0.2, 0.25) is 0 Å². The third-order valence-electron chi connectivity index (χ3n) is 3.55. The number of para-hydroxylation sites is 1. The van der Waals surface area contributed by atoms with Gasteiger partial charge >= 0.3 is 6.61 Å². The van der Waals surface area contributed by atoms with Crippen LogP contribution in [0, 0.1) is 0 Å². The molecule has 5 nitrogen and oxygen atoms in total. The molecular weight excluding hydrogens is 354 g/mol. The molecule has 0 fully saturated rings. The largest absolute Gasteiger partial charge is 0.434 e. The Morgan fingerprint density at radius 1 is 1.00 bits per heavy atom. The first kappa shape index (κ1) is 20.1. The molecule has 0 aliphatic heterocycles. The summed E-state index contributed by atoms with van der Waals surface area (Å²) in [6.07, 6.45) is 3.20. The number of amides is 2. The molecule has 0 aliphatic rings. The van der Waals surface area contributed by atoms with E-state index in [9.17, 15) is 18.4 Å². The first-order chi connectivity index (χ1) is 13.0. The molecule has 2 rings (SSSR count). The predicted molar refractivity (Wildman–Crippen MR) is 98.3 cm³/mol. The molecule has 142 valence electrons. The van der Waals surface area contributed by atoms with E-state index in [1.54, 1.807) is 12.1 Å². The molecule has 0 heterocycles. The lowest BCUT2D eigenvalue weighted by molar-refractivity contribution is -0.123. The van der Waals surface area contributed by atoms with Crippen LogP contribution in [0.4, 0.5) is 8.78 Å². The van der Waals surface area contributed by atoms with Gasteiger partial charge in [0.25, 0.3) is 0 Å². The van der Waals surface area contributed by atoms with E-state index in [4.69, 9.17) is 0 Å². The van der Waals surface area contributed by atoms with Crippen LogP contribution in [-0.2, 0) is 16.0 Å². The summed E-state index contributed by atoms with van der Waals surface area (Å²) in [5.41, 5.74) is 1.44. The fraction of sp³-hybridized carbons (Fsp3) is 0.200. The number of hydrogen-bond acceptors (Lipinski definition) is 3. The Morgan fingerprint density at radius 3 is 2.44 bits per heavy atom. The lowest BCUT2D eigenvalue weighted by Gasteiger charge is -2.07. The second kappa shape index (κ2) is 10.7. The normalized spacial score (nSPS) is 10.8. The molecule has 0 saturated heterocycles. The number of ether oxygens (including phenoxy) is 1. The minimum atomic E-state index is -2.95. The van der Waals surface area contributed by atoms with Gasteiger partial charge in [0.05, 0.1) is 6.54 Å². The van der Waals surface area contributed by atoms with Crippen molar-refractivity contribution >= 4 is 17.9 Å². The van der Waals surface area contributed by atoms with E-state index < -0.39 is 12.5 Å². The zero-order chi connectivity index (χ0) is 19.5. The predicted octanol–water partition coefficient (Wildman–Crippen LogP) is 2.78. The Labute approximate surface area is 156 Å². The van der Waals surface area contributed by atoms with Crippen molar-refractivity contribution in [2.24, 2.45) is 0 Å². The van der Waals surface area contributed by atoms with Crippen LogP contribution in [0.1, 0.15) is 11.1 Å². The fourth-order valence-corrected chi connectivity index (χ4v) is 2.27. The molecule has 2 aromatic rings. The van der Waals surface area contributed by atoms with Crippen LogP contribution >= 0.6 is 0 Å². The van der Waals surface area contributed by atoms with Crippen molar-refractivity contribution in [1.82, 2.24) is 10.6 Å². The molecular formula is C20H20F2N2O3. The van der Waals surface area contributed by atoms with Gasteiger partial charge in [-0.15, -0.1) is 0 Å². The van der Waals surface area contributed by atoms with Gasteiger partial charge in [-0.2, -0.15) is 8.78 Å². The number of hydrogen-bond donors (Lipinski definition) is 2. The second-order valence-corrected chi connectivity index (χ2v) is 5.55. The quantitative estimate of drug-likeness (QED) is 0.664. The third-order valence-corrected chi connectivity index (χ3v) is 3.55. The summed E-state index contributed by atoms with van der Waals surface area (Å²) in [6, 6.07) is 15.8. The van der Waals surface area contributed by atoms with E-state index in [1.165, 1.54) is 18.2 Å². The molecule has 7 heteroatoms. The zero-order valence-corrected chi connectivity index (χ0v) is 14.5. The van der Waals surface area contributed by atoms with Crippen molar-refractivity contribution in [3.8, 4) is 5.75 Å². The summed E-state index contributed by atoms with van der Waals surface area (Å²) >= 11 is 0. The van der Waals surface area contributed by atoms with Gasteiger partial charge in [0, 0.05) is 18.2 Å². The average molecular weight is 374 g/mol. The maximum atomic E-state index is 12.3. The van der Waals surface area contributed by atoms with Crippen LogP contribution in [0.15, 0.2) is 60.7 Å². The van der Waals surface area contributed by atoms with E-state index >= 15 is 0 Å². The fourth-order valence-electron chi connectivity index (χ4n) is 2.27. The van der Waals surface area contributed by atoms with Crippen LogP contribution < -0.4 is 15.4 Å². The van der Waals surface area contributed by atoms with Crippen molar-refractivity contribution < 1.29 is 23.1 Å². The number of carbonyl (C=O) groups is 2. The Kier molecular flexibility index (Phi) is 7.96. The Balaban J connectivity index is 1.74. The highest BCUT2D eigenvalue weighted by molar-refractivity contribution is 5.94. The van der Waals surface area contributed by atoms with Gasteiger partial charge in [0.15, 0.2) is 0 Å². The van der Waals surface area contributed by atoms with Gasteiger partial charge in [-0.25, -0.2) is 0 Å². The minimum Gasteiger partial charge on any atom is -0.434 e. The molecule has 0 aromatic heterocycles. The van der Waals surface area contributed by atoms with Crippen LogP contribution in [0.5, 0.6) is 5.75 Å². The molecule has 0 unspecified atom stereocenters. The SMILES string of the molecule is O=C(/C=C/c1ccccc1OC(F)F)NCC(=O)NCCc1ccccc1. The molecule has 0 saturated carbocycles. The van der Waals surface area contributed by atoms with Gasteiger partial charge in [0.1, 0.15) is 5.75 Å². The maximum absolute atomic E-state index is 12.3. The smallest absolute Gasteiger partial charge is 0.387 e. The topological polar surface area (TPSA) is 67.4 Å².